The maximum atomic E-state index is 12.1. The van der Waals surface area contributed by atoms with Crippen molar-refractivity contribution in [3.8, 4) is 5.75 Å². The number of nitrogens with one attached hydrogen (secondary N) is 1. The lowest BCUT2D eigenvalue weighted by Gasteiger charge is -2.16. The van der Waals surface area contributed by atoms with Gasteiger partial charge in [0.15, 0.2) is 11.4 Å². The molecule has 5 nitrogen and oxygen atoms in total. The van der Waals surface area contributed by atoms with Crippen LogP contribution in [0.4, 0.5) is 0 Å². The molecule has 98 valence electrons. The molecule has 1 heterocycles. The highest BCUT2D eigenvalue weighted by Crippen LogP contribution is 2.19. The Labute approximate surface area is 105 Å². The maximum absolute atomic E-state index is 12.1. The average Bonchev–Trinajstić information content (AvgIpc) is 2.79. The smallest absolute Gasteiger partial charge is 0.272 e. The quantitative estimate of drug-likeness (QED) is 0.824. The molecule has 1 saturated carbocycles. The third kappa shape index (κ3) is 2.25. The van der Waals surface area contributed by atoms with E-state index in [0.717, 1.165) is 25.7 Å². The highest BCUT2D eigenvalue weighted by atomic mass is 16.3. The molecule has 0 bridgehead atoms. The number of nitrogens with zero attached hydrogens (tertiary/aromatic N) is 1. The van der Waals surface area contributed by atoms with E-state index < -0.39 is 11.2 Å². The molecule has 1 aliphatic rings. The van der Waals surface area contributed by atoms with Crippen molar-refractivity contribution in [2.24, 2.45) is 7.05 Å². The van der Waals surface area contributed by atoms with Crippen LogP contribution in [-0.4, -0.2) is 21.6 Å². The van der Waals surface area contributed by atoms with Crippen LogP contribution in [0.2, 0.25) is 0 Å². The normalized spacial score (nSPS) is 15.9. The van der Waals surface area contributed by atoms with Crippen molar-refractivity contribution in [1.82, 2.24) is 9.88 Å². The van der Waals surface area contributed by atoms with Crippen molar-refractivity contribution in [2.75, 3.05) is 0 Å². The van der Waals surface area contributed by atoms with Gasteiger partial charge in [-0.05, 0) is 19.8 Å². The van der Waals surface area contributed by atoms with E-state index in [-0.39, 0.29) is 17.6 Å². The van der Waals surface area contributed by atoms with Crippen LogP contribution in [0.1, 0.15) is 41.9 Å². The molecule has 0 saturated heterocycles. The summed E-state index contributed by atoms with van der Waals surface area (Å²) >= 11 is 0. The minimum atomic E-state index is -0.512. The highest BCUT2D eigenvalue weighted by molar-refractivity contribution is 5.95. The summed E-state index contributed by atoms with van der Waals surface area (Å²) in [6.45, 7) is 1.73. The molecule has 18 heavy (non-hydrogen) atoms. The van der Waals surface area contributed by atoms with Gasteiger partial charge in [-0.15, -0.1) is 0 Å². The number of carbonyl (C=O) groups excluding carboxylic acids is 1. The first-order valence-corrected chi connectivity index (χ1v) is 6.21. The number of aromatic hydroxyl groups is 1. The number of pyridine rings is 1. The summed E-state index contributed by atoms with van der Waals surface area (Å²) in [5.41, 5.74) is 0.184. The molecule has 0 unspecified atom stereocenters. The Balaban J connectivity index is 2.32. The zero-order valence-corrected chi connectivity index (χ0v) is 10.7. The third-order valence-corrected chi connectivity index (χ3v) is 3.57. The van der Waals surface area contributed by atoms with Crippen molar-refractivity contribution in [3.05, 3.63) is 27.7 Å². The van der Waals surface area contributed by atoms with E-state index in [1.165, 1.54) is 6.07 Å². The van der Waals surface area contributed by atoms with Crippen LogP contribution in [0.25, 0.3) is 0 Å². The lowest BCUT2D eigenvalue weighted by molar-refractivity contribution is 0.0925. The summed E-state index contributed by atoms with van der Waals surface area (Å²) in [4.78, 5) is 23.6. The second-order valence-electron chi connectivity index (χ2n) is 4.86. The van der Waals surface area contributed by atoms with Gasteiger partial charge in [0.25, 0.3) is 5.91 Å². The van der Waals surface area contributed by atoms with Crippen molar-refractivity contribution < 1.29 is 9.90 Å². The predicted molar refractivity (Wildman–Crippen MR) is 67.8 cm³/mol. The first kappa shape index (κ1) is 12.7. The number of carbonyl (C=O) groups is 1. The van der Waals surface area contributed by atoms with E-state index >= 15 is 0 Å². The van der Waals surface area contributed by atoms with Crippen molar-refractivity contribution in [3.63, 3.8) is 0 Å². The second-order valence-corrected chi connectivity index (χ2v) is 4.86. The van der Waals surface area contributed by atoms with Gasteiger partial charge in [0.1, 0.15) is 0 Å². The van der Waals surface area contributed by atoms with Gasteiger partial charge >= 0.3 is 0 Å². The van der Waals surface area contributed by atoms with Gasteiger partial charge in [-0.25, -0.2) is 0 Å². The summed E-state index contributed by atoms with van der Waals surface area (Å²) in [5.74, 6) is -0.846. The Kier molecular flexibility index (Phi) is 3.41. The summed E-state index contributed by atoms with van der Waals surface area (Å²) in [6.07, 6.45) is 4.16. The van der Waals surface area contributed by atoms with Gasteiger partial charge in [0.05, 0.1) is 0 Å². The van der Waals surface area contributed by atoms with Gasteiger partial charge in [-0.1, -0.05) is 12.8 Å². The van der Waals surface area contributed by atoms with E-state index in [4.69, 9.17) is 0 Å². The molecule has 1 amide bonds. The van der Waals surface area contributed by atoms with Crippen LogP contribution in [-0.2, 0) is 7.05 Å². The predicted octanol–water partition coefficient (Wildman–Crippen LogP) is 1.07. The van der Waals surface area contributed by atoms with Gasteiger partial charge < -0.3 is 15.0 Å². The molecule has 1 aromatic rings. The van der Waals surface area contributed by atoms with E-state index in [1.807, 2.05) is 0 Å². The van der Waals surface area contributed by atoms with E-state index in [0.29, 0.717) is 5.69 Å². The van der Waals surface area contributed by atoms with Crippen LogP contribution in [0.5, 0.6) is 5.75 Å². The summed E-state index contributed by atoms with van der Waals surface area (Å²) in [5, 5.41) is 12.6. The Morgan fingerprint density at radius 3 is 2.67 bits per heavy atom. The van der Waals surface area contributed by atoms with E-state index in [1.54, 1.807) is 18.5 Å². The monoisotopic (exact) mass is 250 g/mol. The minimum absolute atomic E-state index is 0.0481. The van der Waals surface area contributed by atoms with Crippen molar-refractivity contribution in [1.29, 1.82) is 0 Å². The molecule has 0 atom stereocenters. The summed E-state index contributed by atoms with van der Waals surface area (Å²) < 4.78 is 1.54. The third-order valence-electron chi connectivity index (χ3n) is 3.57. The molecule has 1 aliphatic carbocycles. The Morgan fingerprint density at radius 1 is 1.44 bits per heavy atom. The summed E-state index contributed by atoms with van der Waals surface area (Å²) in [6, 6.07) is 1.48. The topological polar surface area (TPSA) is 71.3 Å². The SMILES string of the molecule is Cc1cc(=O)c(O)c(C(=O)NC2CCCC2)n1C. The number of amides is 1. The average molecular weight is 250 g/mol. The number of hydrogen-bond acceptors (Lipinski definition) is 3. The first-order valence-electron chi connectivity index (χ1n) is 6.21. The molecule has 1 aromatic heterocycles. The zero-order valence-electron chi connectivity index (χ0n) is 10.7. The van der Waals surface area contributed by atoms with E-state index in [2.05, 4.69) is 5.32 Å². The molecule has 1 fully saturated rings. The molecular formula is C13H18N2O3. The van der Waals surface area contributed by atoms with Gasteiger partial charge in [-0.2, -0.15) is 0 Å². The van der Waals surface area contributed by atoms with Crippen molar-refractivity contribution in [2.45, 2.75) is 38.6 Å². The molecule has 2 rings (SSSR count). The van der Waals surface area contributed by atoms with Crippen LogP contribution in [0.3, 0.4) is 0 Å². The fraction of sp³-hybridized carbons (Fsp3) is 0.538. The van der Waals surface area contributed by atoms with Gasteiger partial charge in [0.2, 0.25) is 5.43 Å². The molecule has 0 radical (unpaired) electrons. The van der Waals surface area contributed by atoms with Crippen LogP contribution in [0, 0.1) is 6.92 Å². The molecular weight excluding hydrogens is 232 g/mol. The number of rotatable bonds is 2. The molecule has 0 spiro atoms. The molecule has 0 aliphatic heterocycles. The van der Waals surface area contributed by atoms with Crippen LogP contribution in [0.15, 0.2) is 10.9 Å². The molecule has 2 N–H and O–H groups in total. The van der Waals surface area contributed by atoms with Crippen molar-refractivity contribution >= 4 is 5.91 Å². The van der Waals surface area contributed by atoms with Gasteiger partial charge in [0, 0.05) is 24.8 Å². The minimum Gasteiger partial charge on any atom is -0.503 e. The fourth-order valence-corrected chi connectivity index (χ4v) is 2.39. The fourth-order valence-electron chi connectivity index (χ4n) is 2.39. The molecule has 0 aromatic carbocycles. The Bertz CT molecular complexity index is 528. The lowest BCUT2D eigenvalue weighted by atomic mass is 10.2. The maximum Gasteiger partial charge on any atom is 0.272 e. The molecule has 5 heteroatoms. The summed E-state index contributed by atoms with van der Waals surface area (Å²) in [7, 11) is 1.66. The Hall–Kier alpha value is -1.78. The van der Waals surface area contributed by atoms with Crippen LogP contribution < -0.4 is 10.7 Å². The van der Waals surface area contributed by atoms with Gasteiger partial charge in [-0.3, -0.25) is 9.59 Å². The Morgan fingerprint density at radius 2 is 2.06 bits per heavy atom. The second kappa shape index (κ2) is 4.84. The number of aromatic nitrogens is 1. The largest absolute Gasteiger partial charge is 0.503 e. The number of aryl methyl sites for hydroxylation is 1. The first-order chi connectivity index (χ1) is 8.50. The van der Waals surface area contributed by atoms with Crippen LogP contribution >= 0.6 is 0 Å². The lowest BCUT2D eigenvalue weighted by Crippen LogP contribution is -2.35. The zero-order chi connectivity index (χ0) is 13.3. The standard InChI is InChI=1S/C13H18N2O3/c1-8-7-10(16)12(17)11(15(8)2)13(18)14-9-5-3-4-6-9/h7,9,17H,3-6H2,1-2H3,(H,14,18). The van der Waals surface area contributed by atoms with E-state index in [9.17, 15) is 14.7 Å². The number of hydrogen-bond donors (Lipinski definition) is 2. The highest BCUT2D eigenvalue weighted by Gasteiger charge is 2.22.